The van der Waals surface area contributed by atoms with Crippen molar-refractivity contribution in [1.82, 2.24) is 0 Å². The van der Waals surface area contributed by atoms with Crippen LogP contribution in [0, 0.1) is 0 Å². The van der Waals surface area contributed by atoms with E-state index < -0.39 is 6.10 Å². The van der Waals surface area contributed by atoms with Crippen LogP contribution in [0.25, 0.3) is 0 Å². The number of unbranched alkanes of at least 4 members (excludes halogenated alkanes) is 27. The van der Waals surface area contributed by atoms with Gasteiger partial charge in [-0.25, -0.2) is 0 Å². The van der Waals surface area contributed by atoms with Gasteiger partial charge in [0, 0.05) is 19.3 Å². The largest absolute Gasteiger partial charge is 0.462 e. The van der Waals surface area contributed by atoms with Crippen molar-refractivity contribution in [2.24, 2.45) is 0 Å². The molecule has 1 atom stereocenters. The molecule has 0 aliphatic heterocycles. The first-order valence-corrected chi connectivity index (χ1v) is 29.1. The van der Waals surface area contributed by atoms with Gasteiger partial charge in [0.05, 0.1) is 0 Å². The Labute approximate surface area is 426 Å². The molecule has 0 fully saturated rings. The standard InChI is InChI=1S/C63H108O6/c1-4-7-10-13-16-19-22-25-28-31-32-33-36-38-41-44-47-50-53-56-62(65)68-59-60(69-63(66)57-54-51-48-45-42-39-35-30-27-24-21-18-15-12-9-6-3)58-67-61(64)55-52-49-46-43-40-37-34-29-26-23-20-17-14-11-8-5-2/h7,10,16,19,25,28-30,32-35,38,41,60H,4-6,8-9,11-15,17-18,20-24,26-27,31,36-37,39-40,42-59H2,1-3H3/b10-7-,19-16-,28-25-,33-32-,34-29-,35-30-,41-38-/t60-/m1/s1. The second kappa shape index (κ2) is 57.2. The molecule has 0 aliphatic rings. The number of carbonyl (C=O) groups excluding carboxylic acids is 3. The van der Waals surface area contributed by atoms with Gasteiger partial charge in [0.1, 0.15) is 13.2 Å². The Bertz CT molecular complexity index is 1330. The third-order valence-electron chi connectivity index (χ3n) is 12.4. The van der Waals surface area contributed by atoms with Crippen LogP contribution in [0.4, 0.5) is 0 Å². The van der Waals surface area contributed by atoms with Crippen LogP contribution in [-0.4, -0.2) is 37.2 Å². The first kappa shape index (κ1) is 65.6. The van der Waals surface area contributed by atoms with Gasteiger partial charge in [-0.05, 0) is 116 Å². The molecule has 0 rings (SSSR count). The topological polar surface area (TPSA) is 78.9 Å². The van der Waals surface area contributed by atoms with Crippen molar-refractivity contribution >= 4 is 17.9 Å². The van der Waals surface area contributed by atoms with Crippen molar-refractivity contribution in [2.45, 2.75) is 284 Å². The lowest BCUT2D eigenvalue weighted by atomic mass is 10.1. The van der Waals surface area contributed by atoms with Gasteiger partial charge < -0.3 is 14.2 Å². The van der Waals surface area contributed by atoms with Gasteiger partial charge in [-0.15, -0.1) is 0 Å². The van der Waals surface area contributed by atoms with Gasteiger partial charge in [-0.3, -0.25) is 14.4 Å². The molecule has 0 bridgehead atoms. The highest BCUT2D eigenvalue weighted by atomic mass is 16.6. The van der Waals surface area contributed by atoms with E-state index in [1.165, 1.54) is 122 Å². The molecule has 0 saturated heterocycles. The van der Waals surface area contributed by atoms with E-state index in [1.54, 1.807) is 0 Å². The van der Waals surface area contributed by atoms with Crippen LogP contribution in [0.1, 0.15) is 278 Å². The highest BCUT2D eigenvalue weighted by molar-refractivity contribution is 5.71. The molecule has 0 N–H and O–H groups in total. The second-order valence-corrected chi connectivity index (χ2v) is 19.2. The van der Waals surface area contributed by atoms with Crippen molar-refractivity contribution in [2.75, 3.05) is 13.2 Å². The lowest BCUT2D eigenvalue weighted by Crippen LogP contribution is -2.30. The smallest absolute Gasteiger partial charge is 0.306 e. The molecular weight excluding hydrogens is 853 g/mol. The number of ether oxygens (including phenoxy) is 3. The van der Waals surface area contributed by atoms with E-state index in [0.717, 1.165) is 116 Å². The van der Waals surface area contributed by atoms with E-state index in [0.29, 0.717) is 19.3 Å². The Kier molecular flexibility index (Phi) is 54.3. The molecule has 69 heavy (non-hydrogen) atoms. The van der Waals surface area contributed by atoms with Crippen molar-refractivity contribution in [3.63, 3.8) is 0 Å². The summed E-state index contributed by atoms with van der Waals surface area (Å²) in [6.07, 6.45) is 74.3. The molecule has 0 heterocycles. The van der Waals surface area contributed by atoms with Crippen LogP contribution in [0.5, 0.6) is 0 Å². The average Bonchev–Trinajstić information content (AvgIpc) is 3.35. The summed E-state index contributed by atoms with van der Waals surface area (Å²) in [4.78, 5) is 38.2. The van der Waals surface area contributed by atoms with Gasteiger partial charge in [0.15, 0.2) is 6.10 Å². The molecule has 0 aromatic carbocycles. The molecule has 0 aromatic heterocycles. The first-order chi connectivity index (χ1) is 34.0. The number of hydrogen-bond acceptors (Lipinski definition) is 6. The molecule has 0 aromatic rings. The Morgan fingerprint density at radius 1 is 0.304 bits per heavy atom. The maximum Gasteiger partial charge on any atom is 0.306 e. The van der Waals surface area contributed by atoms with Crippen LogP contribution < -0.4 is 0 Å². The van der Waals surface area contributed by atoms with Gasteiger partial charge in [0.25, 0.3) is 0 Å². The highest BCUT2D eigenvalue weighted by Crippen LogP contribution is 2.14. The molecule has 396 valence electrons. The van der Waals surface area contributed by atoms with Gasteiger partial charge in [-0.2, -0.15) is 0 Å². The Morgan fingerprint density at radius 3 is 0.913 bits per heavy atom. The van der Waals surface area contributed by atoms with Gasteiger partial charge in [0.2, 0.25) is 0 Å². The van der Waals surface area contributed by atoms with Gasteiger partial charge in [-0.1, -0.05) is 228 Å². The second-order valence-electron chi connectivity index (χ2n) is 19.2. The zero-order valence-electron chi connectivity index (χ0n) is 45.3. The van der Waals surface area contributed by atoms with Crippen molar-refractivity contribution in [1.29, 1.82) is 0 Å². The van der Waals surface area contributed by atoms with E-state index in [4.69, 9.17) is 14.2 Å². The Morgan fingerprint density at radius 2 is 0.565 bits per heavy atom. The lowest BCUT2D eigenvalue weighted by Gasteiger charge is -2.18. The van der Waals surface area contributed by atoms with Gasteiger partial charge >= 0.3 is 17.9 Å². The monoisotopic (exact) mass is 961 g/mol. The summed E-state index contributed by atoms with van der Waals surface area (Å²) in [5, 5.41) is 0. The molecule has 6 nitrogen and oxygen atoms in total. The summed E-state index contributed by atoms with van der Waals surface area (Å²) in [6.45, 7) is 6.49. The fourth-order valence-corrected chi connectivity index (χ4v) is 7.99. The first-order valence-electron chi connectivity index (χ1n) is 29.1. The average molecular weight is 962 g/mol. The predicted octanol–water partition coefficient (Wildman–Crippen LogP) is 19.5. The summed E-state index contributed by atoms with van der Waals surface area (Å²) >= 11 is 0. The summed E-state index contributed by atoms with van der Waals surface area (Å²) in [7, 11) is 0. The zero-order valence-corrected chi connectivity index (χ0v) is 45.3. The minimum atomic E-state index is -0.799. The maximum absolute atomic E-state index is 12.9. The maximum atomic E-state index is 12.9. The van der Waals surface area contributed by atoms with Crippen LogP contribution in [0.15, 0.2) is 85.1 Å². The van der Waals surface area contributed by atoms with Crippen molar-refractivity contribution in [3.05, 3.63) is 85.1 Å². The van der Waals surface area contributed by atoms with Crippen LogP contribution in [-0.2, 0) is 28.6 Å². The van der Waals surface area contributed by atoms with E-state index in [2.05, 4.69) is 106 Å². The number of carbonyl (C=O) groups is 3. The van der Waals surface area contributed by atoms with E-state index >= 15 is 0 Å². The predicted molar refractivity (Wildman–Crippen MR) is 297 cm³/mol. The summed E-state index contributed by atoms with van der Waals surface area (Å²) in [5.41, 5.74) is 0. The molecule has 0 saturated carbocycles. The molecule has 0 amide bonds. The Balaban J connectivity index is 4.47. The zero-order chi connectivity index (χ0) is 50.0. The highest BCUT2D eigenvalue weighted by Gasteiger charge is 2.19. The quantitative estimate of drug-likeness (QED) is 0.0262. The number of allylic oxidation sites excluding steroid dienone is 14. The molecule has 0 unspecified atom stereocenters. The van der Waals surface area contributed by atoms with Crippen LogP contribution in [0.3, 0.4) is 0 Å². The molecular formula is C63H108O6. The van der Waals surface area contributed by atoms with E-state index in [1.807, 2.05) is 0 Å². The number of esters is 3. The molecule has 0 spiro atoms. The van der Waals surface area contributed by atoms with Crippen molar-refractivity contribution < 1.29 is 28.6 Å². The van der Waals surface area contributed by atoms with E-state index in [-0.39, 0.29) is 31.1 Å². The normalized spacial score (nSPS) is 12.7. The number of rotatable bonds is 52. The minimum Gasteiger partial charge on any atom is -0.462 e. The third kappa shape index (κ3) is 55.4. The summed E-state index contributed by atoms with van der Waals surface area (Å²) < 4.78 is 16.8. The fourth-order valence-electron chi connectivity index (χ4n) is 7.99. The Hall–Kier alpha value is -3.41. The summed E-state index contributed by atoms with van der Waals surface area (Å²) in [5.74, 6) is -0.938. The number of hydrogen-bond donors (Lipinski definition) is 0. The minimum absolute atomic E-state index is 0.0945. The van der Waals surface area contributed by atoms with E-state index in [9.17, 15) is 14.4 Å². The molecule has 0 aliphatic carbocycles. The van der Waals surface area contributed by atoms with Crippen LogP contribution >= 0.6 is 0 Å². The summed E-state index contributed by atoms with van der Waals surface area (Å²) in [6, 6.07) is 0. The third-order valence-corrected chi connectivity index (χ3v) is 12.4. The molecule has 6 heteroatoms. The lowest BCUT2D eigenvalue weighted by molar-refractivity contribution is -0.167. The van der Waals surface area contributed by atoms with Crippen molar-refractivity contribution in [3.8, 4) is 0 Å². The SMILES string of the molecule is CC/C=C\C/C=C\C/C=C\C/C=C\C/C=C\CCCCCC(=O)OC[C@@H](COC(=O)CCCCCCC/C=C\CCCCCCCCC)OC(=O)CCCCCCC/C=C\CCCCCCCCC. The molecule has 0 radical (unpaired) electrons. The fraction of sp³-hybridized carbons (Fsp3) is 0.730. The van der Waals surface area contributed by atoms with Crippen LogP contribution in [0.2, 0.25) is 0 Å².